The highest BCUT2D eigenvalue weighted by Crippen LogP contribution is 2.21. The van der Waals surface area contributed by atoms with Gasteiger partial charge in [0.15, 0.2) is 0 Å². The first-order valence-electron chi connectivity index (χ1n) is 6.60. The van der Waals surface area contributed by atoms with E-state index in [1.165, 1.54) is 0 Å². The van der Waals surface area contributed by atoms with Gasteiger partial charge >= 0.3 is 0 Å². The Bertz CT molecular complexity index is 546. The van der Waals surface area contributed by atoms with E-state index >= 15 is 0 Å². The monoisotopic (exact) mass is 261 g/mol. The summed E-state index contributed by atoms with van der Waals surface area (Å²) in [6.45, 7) is 6.06. The Balaban J connectivity index is 1.92. The molecule has 5 heteroatoms. The van der Waals surface area contributed by atoms with Gasteiger partial charge in [-0.15, -0.1) is 0 Å². The lowest BCUT2D eigenvalue weighted by Gasteiger charge is -2.18. The Hall–Kier alpha value is -2.04. The SMILES string of the molecule is CCN(CC)C(=O)CCNc1nccc2occc12. The third-order valence-electron chi connectivity index (χ3n) is 3.13. The fourth-order valence-electron chi connectivity index (χ4n) is 2.06. The Kier molecular flexibility index (Phi) is 4.39. The second kappa shape index (κ2) is 6.22. The molecule has 0 spiro atoms. The molecule has 0 fully saturated rings. The molecule has 0 unspecified atom stereocenters. The van der Waals surface area contributed by atoms with Crippen LogP contribution in [0.15, 0.2) is 29.0 Å². The van der Waals surface area contributed by atoms with Crippen molar-refractivity contribution in [2.24, 2.45) is 0 Å². The third-order valence-corrected chi connectivity index (χ3v) is 3.13. The number of pyridine rings is 1. The van der Waals surface area contributed by atoms with Crippen LogP contribution in [0.1, 0.15) is 20.3 Å². The van der Waals surface area contributed by atoms with E-state index in [1.54, 1.807) is 12.5 Å². The molecule has 19 heavy (non-hydrogen) atoms. The minimum absolute atomic E-state index is 0.164. The molecule has 2 aromatic rings. The number of furan rings is 1. The maximum Gasteiger partial charge on any atom is 0.224 e. The van der Waals surface area contributed by atoms with Crippen molar-refractivity contribution in [2.45, 2.75) is 20.3 Å². The predicted octanol–water partition coefficient (Wildman–Crippen LogP) is 2.50. The summed E-state index contributed by atoms with van der Waals surface area (Å²) in [6, 6.07) is 3.69. The number of carbonyl (C=O) groups is 1. The van der Waals surface area contributed by atoms with Crippen LogP contribution >= 0.6 is 0 Å². The van der Waals surface area contributed by atoms with E-state index in [4.69, 9.17) is 4.42 Å². The van der Waals surface area contributed by atoms with Crippen LogP contribution in [0, 0.1) is 0 Å². The first kappa shape index (κ1) is 13.4. The van der Waals surface area contributed by atoms with E-state index in [-0.39, 0.29) is 5.91 Å². The fraction of sp³-hybridized carbons (Fsp3) is 0.429. The zero-order valence-electron chi connectivity index (χ0n) is 11.3. The first-order valence-corrected chi connectivity index (χ1v) is 6.60. The van der Waals surface area contributed by atoms with Crippen molar-refractivity contribution in [3.8, 4) is 0 Å². The number of rotatable bonds is 6. The highest BCUT2D eigenvalue weighted by atomic mass is 16.3. The summed E-state index contributed by atoms with van der Waals surface area (Å²) in [5.41, 5.74) is 0.799. The predicted molar refractivity (Wildman–Crippen MR) is 75.0 cm³/mol. The van der Waals surface area contributed by atoms with Crippen molar-refractivity contribution in [3.63, 3.8) is 0 Å². The van der Waals surface area contributed by atoms with Gasteiger partial charge in [0, 0.05) is 32.3 Å². The summed E-state index contributed by atoms with van der Waals surface area (Å²) in [4.78, 5) is 17.9. The van der Waals surface area contributed by atoms with Crippen molar-refractivity contribution in [1.29, 1.82) is 0 Å². The molecule has 5 nitrogen and oxygen atoms in total. The molecule has 0 aliphatic heterocycles. The standard InChI is InChI=1S/C14H19N3O2/c1-3-17(4-2)13(18)6-9-16-14-11-7-10-19-12(11)5-8-15-14/h5,7-8,10H,3-4,6,9H2,1-2H3,(H,15,16). The number of anilines is 1. The molecule has 102 valence electrons. The lowest BCUT2D eigenvalue weighted by atomic mass is 10.3. The topological polar surface area (TPSA) is 58.4 Å². The molecule has 2 heterocycles. The summed E-state index contributed by atoms with van der Waals surface area (Å²) in [6.07, 6.45) is 3.80. The van der Waals surface area contributed by atoms with Gasteiger partial charge in [0.2, 0.25) is 5.91 Å². The molecule has 0 bridgehead atoms. The van der Waals surface area contributed by atoms with E-state index < -0.39 is 0 Å². The second-order valence-electron chi connectivity index (χ2n) is 4.23. The van der Waals surface area contributed by atoms with Crippen LogP contribution in [-0.2, 0) is 4.79 Å². The Morgan fingerprint density at radius 2 is 2.16 bits per heavy atom. The molecule has 0 saturated carbocycles. The van der Waals surface area contributed by atoms with Crippen LogP contribution in [0.25, 0.3) is 11.0 Å². The summed E-state index contributed by atoms with van der Waals surface area (Å²) < 4.78 is 5.30. The van der Waals surface area contributed by atoms with E-state index in [2.05, 4.69) is 10.3 Å². The normalized spacial score (nSPS) is 10.6. The van der Waals surface area contributed by atoms with Crippen molar-refractivity contribution in [3.05, 3.63) is 24.6 Å². The van der Waals surface area contributed by atoms with Crippen LogP contribution in [0.4, 0.5) is 5.82 Å². The third kappa shape index (κ3) is 3.05. The molecule has 2 rings (SSSR count). The average molecular weight is 261 g/mol. The number of carbonyl (C=O) groups excluding carboxylic acids is 1. The van der Waals surface area contributed by atoms with Crippen LogP contribution in [0.3, 0.4) is 0 Å². The van der Waals surface area contributed by atoms with Gasteiger partial charge in [0.05, 0.1) is 11.6 Å². The zero-order valence-corrected chi connectivity index (χ0v) is 11.3. The van der Waals surface area contributed by atoms with Gasteiger partial charge in [-0.3, -0.25) is 4.79 Å². The van der Waals surface area contributed by atoms with E-state index in [1.807, 2.05) is 30.9 Å². The van der Waals surface area contributed by atoms with E-state index in [0.29, 0.717) is 13.0 Å². The smallest absolute Gasteiger partial charge is 0.224 e. The summed E-state index contributed by atoms with van der Waals surface area (Å²) in [7, 11) is 0. The van der Waals surface area contributed by atoms with Crippen molar-refractivity contribution >= 4 is 22.7 Å². The number of amides is 1. The van der Waals surface area contributed by atoms with Gasteiger partial charge in [-0.05, 0) is 26.0 Å². The number of aromatic nitrogens is 1. The minimum Gasteiger partial charge on any atom is -0.464 e. The minimum atomic E-state index is 0.164. The molecule has 0 atom stereocenters. The number of fused-ring (bicyclic) bond motifs is 1. The van der Waals surface area contributed by atoms with Gasteiger partial charge in [-0.25, -0.2) is 4.98 Å². The Morgan fingerprint density at radius 3 is 2.89 bits per heavy atom. The summed E-state index contributed by atoms with van der Waals surface area (Å²) in [5, 5.41) is 4.13. The van der Waals surface area contributed by atoms with Crippen molar-refractivity contribution < 1.29 is 9.21 Å². The van der Waals surface area contributed by atoms with Crippen LogP contribution in [-0.4, -0.2) is 35.4 Å². The lowest BCUT2D eigenvalue weighted by Crippen LogP contribution is -2.31. The number of hydrogen-bond donors (Lipinski definition) is 1. The molecule has 1 N–H and O–H groups in total. The summed E-state index contributed by atoms with van der Waals surface area (Å²) in [5.74, 6) is 0.926. The molecule has 0 radical (unpaired) electrons. The van der Waals surface area contributed by atoms with Gasteiger partial charge in [-0.2, -0.15) is 0 Å². The van der Waals surface area contributed by atoms with Crippen LogP contribution < -0.4 is 5.32 Å². The lowest BCUT2D eigenvalue weighted by molar-refractivity contribution is -0.130. The quantitative estimate of drug-likeness (QED) is 0.868. The molecule has 2 aromatic heterocycles. The molecule has 0 aliphatic carbocycles. The highest BCUT2D eigenvalue weighted by Gasteiger charge is 2.09. The van der Waals surface area contributed by atoms with E-state index in [9.17, 15) is 4.79 Å². The van der Waals surface area contributed by atoms with E-state index in [0.717, 1.165) is 29.9 Å². The maximum absolute atomic E-state index is 11.9. The zero-order chi connectivity index (χ0) is 13.7. The second-order valence-corrected chi connectivity index (χ2v) is 4.23. The number of hydrogen-bond acceptors (Lipinski definition) is 4. The van der Waals surface area contributed by atoms with Crippen LogP contribution in [0.2, 0.25) is 0 Å². The highest BCUT2D eigenvalue weighted by molar-refractivity contribution is 5.88. The molecular weight excluding hydrogens is 242 g/mol. The number of nitrogens with zero attached hydrogens (tertiary/aromatic N) is 2. The largest absolute Gasteiger partial charge is 0.464 e. The number of nitrogens with one attached hydrogen (secondary N) is 1. The average Bonchev–Trinajstić information content (AvgIpc) is 2.89. The molecule has 0 aliphatic rings. The van der Waals surface area contributed by atoms with Gasteiger partial charge in [0.1, 0.15) is 11.4 Å². The van der Waals surface area contributed by atoms with Gasteiger partial charge < -0.3 is 14.6 Å². The molecule has 0 aromatic carbocycles. The van der Waals surface area contributed by atoms with Gasteiger partial charge in [-0.1, -0.05) is 0 Å². The Morgan fingerprint density at radius 1 is 1.37 bits per heavy atom. The van der Waals surface area contributed by atoms with Crippen molar-refractivity contribution in [1.82, 2.24) is 9.88 Å². The first-order chi connectivity index (χ1) is 9.26. The van der Waals surface area contributed by atoms with Gasteiger partial charge in [0.25, 0.3) is 0 Å². The maximum atomic E-state index is 11.9. The molecule has 0 saturated heterocycles. The van der Waals surface area contributed by atoms with Crippen molar-refractivity contribution in [2.75, 3.05) is 25.0 Å². The summed E-state index contributed by atoms with van der Waals surface area (Å²) >= 11 is 0. The van der Waals surface area contributed by atoms with Crippen LogP contribution in [0.5, 0.6) is 0 Å². The Labute approximate surface area is 112 Å². The fourth-order valence-corrected chi connectivity index (χ4v) is 2.06. The molecular formula is C14H19N3O2. The molecule has 1 amide bonds.